The monoisotopic (exact) mass is 373 g/mol. The first kappa shape index (κ1) is 19.0. The second kappa shape index (κ2) is 8.76. The third-order valence-corrected chi connectivity index (χ3v) is 4.93. The summed E-state index contributed by atoms with van der Waals surface area (Å²) >= 11 is 0. The van der Waals surface area contributed by atoms with Gasteiger partial charge in [-0.25, -0.2) is 13.8 Å². The number of amides is 1. The molecule has 1 aromatic heterocycles. The van der Waals surface area contributed by atoms with Gasteiger partial charge in [0, 0.05) is 31.4 Å². The Morgan fingerprint density at radius 1 is 1.30 bits per heavy atom. The Morgan fingerprint density at radius 3 is 2.78 bits per heavy atom. The minimum atomic E-state index is -0.721. The normalized spacial score (nSPS) is 19.4. The van der Waals surface area contributed by atoms with E-state index < -0.39 is 11.6 Å². The smallest absolute Gasteiger partial charge is 0.220 e. The summed E-state index contributed by atoms with van der Waals surface area (Å²) < 4.78 is 32.2. The maximum absolute atomic E-state index is 13.8. The van der Waals surface area contributed by atoms with Gasteiger partial charge in [0.2, 0.25) is 5.91 Å². The fourth-order valence-corrected chi connectivity index (χ4v) is 3.30. The quantitative estimate of drug-likeness (QED) is 0.830. The molecule has 0 saturated heterocycles. The summed E-state index contributed by atoms with van der Waals surface area (Å²) in [6.45, 7) is 0.620. The van der Waals surface area contributed by atoms with Crippen LogP contribution in [-0.2, 0) is 11.2 Å². The number of aryl methyl sites for hydroxylation is 1. The molecule has 1 heterocycles. The molecule has 1 saturated carbocycles. The first-order chi connectivity index (χ1) is 13.0. The number of hydrogen-bond donors (Lipinski definition) is 1. The third-order valence-electron chi connectivity index (χ3n) is 4.93. The van der Waals surface area contributed by atoms with Crippen molar-refractivity contribution >= 4 is 5.91 Å². The Labute approximate surface area is 156 Å². The van der Waals surface area contributed by atoms with E-state index in [-0.39, 0.29) is 29.6 Å². The number of aromatic nitrogens is 1. The van der Waals surface area contributed by atoms with E-state index in [1.807, 2.05) is 0 Å². The van der Waals surface area contributed by atoms with Crippen LogP contribution in [0.4, 0.5) is 8.78 Å². The highest BCUT2D eigenvalue weighted by Crippen LogP contribution is 2.28. The Balaban J connectivity index is 1.44. The van der Waals surface area contributed by atoms with Gasteiger partial charge in [-0.2, -0.15) is 5.26 Å². The average Bonchev–Trinajstić information content (AvgIpc) is 3.14. The third kappa shape index (κ3) is 5.13. The van der Waals surface area contributed by atoms with Crippen molar-refractivity contribution in [3.8, 4) is 17.4 Å². The molecule has 0 aliphatic heterocycles. The van der Waals surface area contributed by atoms with E-state index in [0.717, 1.165) is 37.8 Å². The summed E-state index contributed by atoms with van der Waals surface area (Å²) in [5.74, 6) is -0.355. The van der Waals surface area contributed by atoms with Crippen molar-refractivity contribution < 1.29 is 18.0 Å². The number of halogens is 2. The number of benzene rings is 1. The van der Waals surface area contributed by atoms with Crippen LogP contribution in [0.25, 0.3) is 11.3 Å². The zero-order valence-electron chi connectivity index (χ0n) is 14.9. The molecule has 0 unspecified atom stereocenters. The fraction of sp³-hybridized carbons (Fsp3) is 0.450. The number of rotatable bonds is 6. The molecule has 2 aromatic rings. The Hall–Kier alpha value is -2.75. The standard InChI is InChI=1S/C20H21F2N3O2/c21-15-5-6-16(17(22)9-15)18-12-25-20(27-18)8-7-19(26)24-11-14-3-1-13(10-23)2-4-14/h5-6,9,12-14H,1-4,7-8,11H2,(H,24,26). The molecule has 0 radical (unpaired) electrons. The first-order valence-corrected chi connectivity index (χ1v) is 9.11. The minimum Gasteiger partial charge on any atom is -0.441 e. The molecule has 0 spiro atoms. The molecule has 1 aliphatic rings. The lowest BCUT2D eigenvalue weighted by Crippen LogP contribution is -2.31. The minimum absolute atomic E-state index is 0.0925. The topological polar surface area (TPSA) is 78.9 Å². The van der Waals surface area contributed by atoms with E-state index in [1.165, 1.54) is 12.3 Å². The van der Waals surface area contributed by atoms with Crippen molar-refractivity contribution in [2.75, 3.05) is 6.54 Å². The van der Waals surface area contributed by atoms with Crippen LogP contribution in [0, 0.1) is 34.8 Å². The van der Waals surface area contributed by atoms with Gasteiger partial charge in [0.05, 0.1) is 17.8 Å². The Kier molecular flexibility index (Phi) is 6.17. The van der Waals surface area contributed by atoms with Gasteiger partial charge in [-0.05, 0) is 43.7 Å². The van der Waals surface area contributed by atoms with Crippen LogP contribution in [0.1, 0.15) is 38.0 Å². The van der Waals surface area contributed by atoms with Crippen molar-refractivity contribution in [3.63, 3.8) is 0 Å². The zero-order chi connectivity index (χ0) is 19.2. The van der Waals surface area contributed by atoms with E-state index in [4.69, 9.17) is 9.68 Å². The van der Waals surface area contributed by atoms with Gasteiger partial charge in [0.25, 0.3) is 0 Å². The van der Waals surface area contributed by atoms with Gasteiger partial charge in [-0.1, -0.05) is 0 Å². The summed E-state index contributed by atoms with van der Waals surface area (Å²) in [4.78, 5) is 16.1. The van der Waals surface area contributed by atoms with Gasteiger partial charge in [0.15, 0.2) is 11.7 Å². The lowest BCUT2D eigenvalue weighted by molar-refractivity contribution is -0.121. The largest absolute Gasteiger partial charge is 0.441 e. The number of oxazole rings is 1. The predicted octanol–water partition coefficient (Wildman–Crippen LogP) is 4.00. The van der Waals surface area contributed by atoms with Crippen LogP contribution >= 0.6 is 0 Å². The van der Waals surface area contributed by atoms with Crippen LogP contribution in [0.5, 0.6) is 0 Å². The zero-order valence-corrected chi connectivity index (χ0v) is 14.9. The molecule has 0 atom stereocenters. The molecule has 3 rings (SSSR count). The van der Waals surface area contributed by atoms with Crippen LogP contribution < -0.4 is 5.32 Å². The molecule has 5 nitrogen and oxygen atoms in total. The van der Waals surface area contributed by atoms with Crippen LogP contribution in [0.2, 0.25) is 0 Å². The summed E-state index contributed by atoms with van der Waals surface area (Å²) in [6.07, 6.45) is 5.62. The number of carbonyl (C=O) groups excluding carboxylic acids is 1. The number of nitrogens with zero attached hydrogens (tertiary/aromatic N) is 2. The molecule has 142 valence electrons. The van der Waals surface area contributed by atoms with Crippen LogP contribution in [0.15, 0.2) is 28.8 Å². The molecule has 1 fully saturated rings. The van der Waals surface area contributed by atoms with Crippen molar-refractivity contribution in [3.05, 3.63) is 41.9 Å². The van der Waals surface area contributed by atoms with Crippen molar-refractivity contribution in [1.82, 2.24) is 10.3 Å². The van der Waals surface area contributed by atoms with Gasteiger partial charge < -0.3 is 9.73 Å². The SMILES string of the molecule is N#CC1CCC(CNC(=O)CCc2ncc(-c3ccc(F)cc3F)o2)CC1. The van der Waals surface area contributed by atoms with Gasteiger partial charge in [-0.3, -0.25) is 4.79 Å². The Morgan fingerprint density at radius 2 is 2.07 bits per heavy atom. The van der Waals surface area contributed by atoms with Crippen molar-refractivity contribution in [1.29, 1.82) is 5.26 Å². The molecule has 27 heavy (non-hydrogen) atoms. The maximum Gasteiger partial charge on any atom is 0.220 e. The summed E-state index contributed by atoms with van der Waals surface area (Å²) in [6, 6.07) is 5.53. The van der Waals surface area contributed by atoms with E-state index in [1.54, 1.807) is 0 Å². The highest BCUT2D eigenvalue weighted by atomic mass is 19.1. The lowest BCUT2D eigenvalue weighted by atomic mass is 9.83. The second-order valence-electron chi connectivity index (χ2n) is 6.89. The van der Waals surface area contributed by atoms with E-state index in [0.29, 0.717) is 24.8 Å². The highest BCUT2D eigenvalue weighted by Gasteiger charge is 2.21. The highest BCUT2D eigenvalue weighted by molar-refractivity contribution is 5.76. The number of nitriles is 1. The lowest BCUT2D eigenvalue weighted by Gasteiger charge is -2.24. The second-order valence-corrected chi connectivity index (χ2v) is 6.89. The van der Waals surface area contributed by atoms with Crippen molar-refractivity contribution in [2.45, 2.75) is 38.5 Å². The van der Waals surface area contributed by atoms with Crippen LogP contribution in [0.3, 0.4) is 0 Å². The molecule has 1 amide bonds. The molecule has 0 bridgehead atoms. The average molecular weight is 373 g/mol. The van der Waals surface area contributed by atoms with Gasteiger partial charge in [0.1, 0.15) is 11.6 Å². The molecule has 1 aliphatic carbocycles. The van der Waals surface area contributed by atoms with Gasteiger partial charge in [-0.15, -0.1) is 0 Å². The van der Waals surface area contributed by atoms with E-state index in [9.17, 15) is 13.6 Å². The summed E-state index contributed by atoms with van der Waals surface area (Å²) in [5.41, 5.74) is 0.132. The van der Waals surface area contributed by atoms with Gasteiger partial charge >= 0.3 is 0 Å². The van der Waals surface area contributed by atoms with E-state index in [2.05, 4.69) is 16.4 Å². The Bertz CT molecular complexity index is 836. The molecular weight excluding hydrogens is 352 g/mol. The molecular formula is C20H21F2N3O2. The van der Waals surface area contributed by atoms with E-state index >= 15 is 0 Å². The first-order valence-electron chi connectivity index (χ1n) is 9.11. The molecule has 7 heteroatoms. The van der Waals surface area contributed by atoms with Crippen molar-refractivity contribution in [2.24, 2.45) is 11.8 Å². The summed E-state index contributed by atoms with van der Waals surface area (Å²) in [5, 5.41) is 11.8. The number of nitrogens with one attached hydrogen (secondary N) is 1. The van der Waals surface area contributed by atoms with Crippen LogP contribution in [-0.4, -0.2) is 17.4 Å². The fourth-order valence-electron chi connectivity index (χ4n) is 3.30. The number of carbonyl (C=O) groups is 1. The number of hydrogen-bond acceptors (Lipinski definition) is 4. The molecule has 1 aromatic carbocycles. The summed E-state index contributed by atoms with van der Waals surface area (Å²) in [7, 11) is 0. The predicted molar refractivity (Wildman–Crippen MR) is 94.2 cm³/mol. The molecule has 1 N–H and O–H groups in total. The maximum atomic E-state index is 13.8.